The number of hydrogen-bond donors (Lipinski definition) is 1. The number of anilines is 1. The fourth-order valence-corrected chi connectivity index (χ4v) is 3.51. The first kappa shape index (κ1) is 14.2. The summed E-state index contributed by atoms with van der Waals surface area (Å²) in [5.41, 5.74) is 2.52. The van der Waals surface area contributed by atoms with Gasteiger partial charge in [-0.3, -0.25) is 0 Å². The van der Waals surface area contributed by atoms with Crippen molar-refractivity contribution < 1.29 is 0 Å². The number of rotatable bonds is 6. The number of nitrogens with one attached hydrogen (secondary N) is 1. The Balaban J connectivity index is 1.70. The number of benzene rings is 1. The Hall–Kier alpha value is -0.730. The third-order valence-corrected chi connectivity index (χ3v) is 4.98. The van der Waals surface area contributed by atoms with Gasteiger partial charge in [0.05, 0.1) is 0 Å². The van der Waals surface area contributed by atoms with Crippen LogP contribution in [-0.2, 0) is 6.54 Å². The molecule has 3 rings (SSSR count). The average molecular weight is 293 g/mol. The van der Waals surface area contributed by atoms with Crippen molar-refractivity contribution in [3.8, 4) is 0 Å². The summed E-state index contributed by atoms with van der Waals surface area (Å²) in [6.45, 7) is 4.22. The highest BCUT2D eigenvalue weighted by Gasteiger charge is 2.23. The van der Waals surface area contributed by atoms with Crippen LogP contribution in [0.5, 0.6) is 0 Å². The van der Waals surface area contributed by atoms with Gasteiger partial charge in [-0.1, -0.05) is 30.5 Å². The summed E-state index contributed by atoms with van der Waals surface area (Å²) in [4.78, 5) is 2.52. The molecule has 0 saturated heterocycles. The van der Waals surface area contributed by atoms with Crippen LogP contribution < -0.4 is 10.2 Å². The van der Waals surface area contributed by atoms with E-state index >= 15 is 0 Å². The van der Waals surface area contributed by atoms with E-state index in [2.05, 4.69) is 35.3 Å². The van der Waals surface area contributed by atoms with E-state index in [4.69, 9.17) is 11.6 Å². The minimum Gasteiger partial charge on any atom is -0.369 e. The smallest absolute Gasteiger partial charge is 0.0471 e. The Morgan fingerprint density at radius 2 is 1.95 bits per heavy atom. The molecule has 1 N–H and O–H groups in total. The Labute approximate surface area is 127 Å². The van der Waals surface area contributed by atoms with E-state index in [0.717, 1.165) is 24.2 Å². The highest BCUT2D eigenvalue weighted by molar-refractivity contribution is 6.31. The highest BCUT2D eigenvalue weighted by Crippen LogP contribution is 2.31. The second-order valence-corrected chi connectivity index (χ2v) is 6.56. The zero-order chi connectivity index (χ0) is 13.9. The van der Waals surface area contributed by atoms with Crippen molar-refractivity contribution in [2.45, 2.75) is 64.1 Å². The second kappa shape index (κ2) is 6.36. The van der Waals surface area contributed by atoms with Gasteiger partial charge in [-0.15, -0.1) is 0 Å². The molecule has 0 bridgehead atoms. The number of hydrogen-bond acceptors (Lipinski definition) is 2. The van der Waals surface area contributed by atoms with Crippen molar-refractivity contribution in [1.82, 2.24) is 5.32 Å². The molecule has 0 aromatic heterocycles. The lowest BCUT2D eigenvalue weighted by atomic mass is 10.1. The van der Waals surface area contributed by atoms with Crippen molar-refractivity contribution in [1.29, 1.82) is 0 Å². The van der Waals surface area contributed by atoms with Crippen molar-refractivity contribution >= 4 is 17.3 Å². The van der Waals surface area contributed by atoms with E-state index in [9.17, 15) is 0 Å². The van der Waals surface area contributed by atoms with E-state index < -0.39 is 0 Å². The predicted octanol–water partition coefficient (Wildman–Crippen LogP) is 4.36. The molecule has 2 fully saturated rings. The molecule has 3 heteroatoms. The molecule has 0 unspecified atom stereocenters. The Morgan fingerprint density at radius 3 is 2.55 bits per heavy atom. The van der Waals surface area contributed by atoms with E-state index in [0.29, 0.717) is 6.04 Å². The molecule has 1 aromatic rings. The van der Waals surface area contributed by atoms with Gasteiger partial charge in [0.2, 0.25) is 0 Å². The van der Waals surface area contributed by atoms with Gasteiger partial charge in [-0.25, -0.2) is 0 Å². The lowest BCUT2D eigenvalue weighted by molar-refractivity contribution is 0.619. The zero-order valence-corrected chi connectivity index (χ0v) is 13.1. The molecule has 0 heterocycles. The summed E-state index contributed by atoms with van der Waals surface area (Å²) in [6.07, 6.45) is 8.05. The Kier molecular flexibility index (Phi) is 4.52. The Bertz CT molecular complexity index is 450. The fourth-order valence-electron chi connectivity index (χ4n) is 3.27. The first-order valence-electron chi connectivity index (χ1n) is 8.06. The molecule has 2 saturated carbocycles. The quantitative estimate of drug-likeness (QED) is 0.838. The Morgan fingerprint density at radius 1 is 1.20 bits per heavy atom. The van der Waals surface area contributed by atoms with Crippen LogP contribution in [0.2, 0.25) is 5.02 Å². The van der Waals surface area contributed by atoms with E-state index in [1.165, 1.54) is 49.8 Å². The molecular formula is C17H25ClN2. The van der Waals surface area contributed by atoms with Crippen LogP contribution in [0.4, 0.5) is 5.69 Å². The average Bonchev–Trinajstić information content (AvgIpc) is 3.13. The molecule has 0 aliphatic heterocycles. The zero-order valence-electron chi connectivity index (χ0n) is 12.4. The van der Waals surface area contributed by atoms with Crippen LogP contribution in [0.1, 0.15) is 51.0 Å². The topological polar surface area (TPSA) is 15.3 Å². The van der Waals surface area contributed by atoms with E-state index in [-0.39, 0.29) is 0 Å². The summed E-state index contributed by atoms with van der Waals surface area (Å²) < 4.78 is 0. The predicted molar refractivity (Wildman–Crippen MR) is 86.6 cm³/mol. The third kappa shape index (κ3) is 3.29. The second-order valence-electron chi connectivity index (χ2n) is 6.16. The number of nitrogens with zero attached hydrogens (tertiary/aromatic N) is 1. The van der Waals surface area contributed by atoms with Gasteiger partial charge in [0.15, 0.2) is 0 Å². The van der Waals surface area contributed by atoms with Crippen LogP contribution in [-0.4, -0.2) is 18.6 Å². The molecule has 0 radical (unpaired) electrons. The molecule has 20 heavy (non-hydrogen) atoms. The molecule has 0 amide bonds. The maximum Gasteiger partial charge on any atom is 0.0471 e. The molecule has 1 aromatic carbocycles. The minimum absolute atomic E-state index is 0.714. The van der Waals surface area contributed by atoms with Gasteiger partial charge in [0.25, 0.3) is 0 Å². The van der Waals surface area contributed by atoms with Gasteiger partial charge in [0.1, 0.15) is 0 Å². The van der Waals surface area contributed by atoms with Gasteiger partial charge in [0, 0.05) is 35.9 Å². The molecule has 2 aliphatic carbocycles. The summed E-state index contributed by atoms with van der Waals surface area (Å²) in [5.74, 6) is 0. The van der Waals surface area contributed by atoms with Crippen molar-refractivity contribution in [2.24, 2.45) is 0 Å². The van der Waals surface area contributed by atoms with Gasteiger partial charge >= 0.3 is 0 Å². The minimum atomic E-state index is 0.714. The van der Waals surface area contributed by atoms with Crippen LogP contribution in [0.3, 0.4) is 0 Å². The molecule has 110 valence electrons. The van der Waals surface area contributed by atoms with Gasteiger partial charge in [-0.05, 0) is 50.3 Å². The van der Waals surface area contributed by atoms with Gasteiger partial charge in [-0.2, -0.15) is 0 Å². The number of halogens is 1. The van der Waals surface area contributed by atoms with E-state index in [1.807, 2.05) is 0 Å². The summed E-state index contributed by atoms with van der Waals surface area (Å²) >= 11 is 6.47. The molecular weight excluding hydrogens is 268 g/mol. The first-order valence-corrected chi connectivity index (χ1v) is 8.44. The van der Waals surface area contributed by atoms with Crippen LogP contribution in [0, 0.1) is 0 Å². The van der Waals surface area contributed by atoms with Crippen molar-refractivity contribution in [3.05, 3.63) is 28.8 Å². The standard InChI is InChI=1S/C17H25ClN2/c1-2-20(15-5-3-4-6-15)16-10-7-13(17(18)11-16)12-19-14-8-9-14/h7,10-11,14-15,19H,2-6,8-9,12H2,1H3. The molecule has 2 aliphatic rings. The third-order valence-electron chi connectivity index (χ3n) is 4.63. The highest BCUT2D eigenvalue weighted by atomic mass is 35.5. The van der Waals surface area contributed by atoms with Gasteiger partial charge < -0.3 is 10.2 Å². The summed E-state index contributed by atoms with van der Waals surface area (Å²) in [6, 6.07) is 8.05. The summed E-state index contributed by atoms with van der Waals surface area (Å²) in [7, 11) is 0. The van der Waals surface area contributed by atoms with Crippen molar-refractivity contribution in [2.75, 3.05) is 11.4 Å². The van der Waals surface area contributed by atoms with Crippen molar-refractivity contribution in [3.63, 3.8) is 0 Å². The van der Waals surface area contributed by atoms with Crippen LogP contribution >= 0.6 is 11.6 Å². The van der Waals surface area contributed by atoms with Crippen LogP contribution in [0.25, 0.3) is 0 Å². The molecule has 2 nitrogen and oxygen atoms in total. The van der Waals surface area contributed by atoms with E-state index in [1.54, 1.807) is 0 Å². The molecule has 0 atom stereocenters. The normalized spacial score (nSPS) is 19.5. The maximum absolute atomic E-state index is 6.47. The first-order chi connectivity index (χ1) is 9.78. The molecule has 0 spiro atoms. The SMILES string of the molecule is CCN(c1ccc(CNC2CC2)c(Cl)c1)C1CCCC1. The maximum atomic E-state index is 6.47. The lowest BCUT2D eigenvalue weighted by Gasteiger charge is -2.30. The largest absolute Gasteiger partial charge is 0.369 e. The lowest BCUT2D eigenvalue weighted by Crippen LogP contribution is -2.32. The monoisotopic (exact) mass is 292 g/mol. The van der Waals surface area contributed by atoms with Crippen LogP contribution in [0.15, 0.2) is 18.2 Å². The fraction of sp³-hybridized carbons (Fsp3) is 0.647. The summed E-state index contributed by atoms with van der Waals surface area (Å²) in [5, 5.41) is 4.44.